The molecule has 0 heterocycles. The normalized spacial score (nSPS) is 14.5. The first-order chi connectivity index (χ1) is 8.56. The monoisotopic (exact) mass is 334 g/mol. The van der Waals surface area contributed by atoms with Gasteiger partial charge in [0.1, 0.15) is 5.82 Å². The summed E-state index contributed by atoms with van der Waals surface area (Å²) < 4.78 is 14.5. The molecule has 2 atom stereocenters. The van der Waals surface area contributed by atoms with E-state index in [1.807, 2.05) is 17.8 Å². The van der Waals surface area contributed by atoms with Crippen molar-refractivity contribution in [3.05, 3.63) is 34.1 Å². The SMILES string of the molecule is CCC(C)SCC(Cc1ccc(Br)cc1F)NN. The van der Waals surface area contributed by atoms with E-state index in [2.05, 4.69) is 35.2 Å². The van der Waals surface area contributed by atoms with Crippen LogP contribution in [0.5, 0.6) is 0 Å². The van der Waals surface area contributed by atoms with Gasteiger partial charge in [-0.05, 0) is 30.5 Å². The van der Waals surface area contributed by atoms with Crippen molar-refractivity contribution >= 4 is 27.7 Å². The molecule has 0 fully saturated rings. The molecule has 0 aromatic heterocycles. The molecule has 18 heavy (non-hydrogen) atoms. The Hall–Kier alpha value is -0.100. The van der Waals surface area contributed by atoms with Gasteiger partial charge in [0.2, 0.25) is 0 Å². The largest absolute Gasteiger partial charge is 0.271 e. The maximum Gasteiger partial charge on any atom is 0.127 e. The van der Waals surface area contributed by atoms with Crippen molar-refractivity contribution in [1.29, 1.82) is 0 Å². The van der Waals surface area contributed by atoms with Gasteiger partial charge in [0.25, 0.3) is 0 Å². The third kappa shape index (κ3) is 5.26. The second-order valence-electron chi connectivity index (χ2n) is 4.36. The van der Waals surface area contributed by atoms with Gasteiger partial charge in [0.15, 0.2) is 0 Å². The van der Waals surface area contributed by atoms with Crippen LogP contribution in [0.1, 0.15) is 25.8 Å². The van der Waals surface area contributed by atoms with Crippen molar-refractivity contribution in [2.75, 3.05) is 5.75 Å². The summed E-state index contributed by atoms with van der Waals surface area (Å²) in [6.45, 7) is 4.36. The number of hydrogen-bond donors (Lipinski definition) is 2. The summed E-state index contributed by atoms with van der Waals surface area (Å²) >= 11 is 5.12. The van der Waals surface area contributed by atoms with Crippen LogP contribution in [0.25, 0.3) is 0 Å². The molecule has 0 aliphatic heterocycles. The van der Waals surface area contributed by atoms with E-state index in [1.54, 1.807) is 6.07 Å². The minimum Gasteiger partial charge on any atom is -0.271 e. The topological polar surface area (TPSA) is 38.0 Å². The second kappa shape index (κ2) is 8.15. The summed E-state index contributed by atoms with van der Waals surface area (Å²) in [7, 11) is 0. The zero-order chi connectivity index (χ0) is 13.5. The van der Waals surface area contributed by atoms with Crippen LogP contribution in [0.4, 0.5) is 4.39 Å². The third-order valence-electron chi connectivity index (χ3n) is 2.87. The molecule has 1 rings (SSSR count). The van der Waals surface area contributed by atoms with Gasteiger partial charge in [0, 0.05) is 21.5 Å². The van der Waals surface area contributed by atoms with Crippen molar-refractivity contribution in [3.63, 3.8) is 0 Å². The van der Waals surface area contributed by atoms with Crippen LogP contribution in [0.2, 0.25) is 0 Å². The molecule has 0 saturated heterocycles. The Balaban J connectivity index is 2.56. The van der Waals surface area contributed by atoms with Crippen LogP contribution in [0.3, 0.4) is 0 Å². The molecule has 0 spiro atoms. The number of thioether (sulfide) groups is 1. The Kier molecular flexibility index (Phi) is 7.22. The van der Waals surface area contributed by atoms with Crippen LogP contribution >= 0.6 is 27.7 Å². The van der Waals surface area contributed by atoms with E-state index in [4.69, 9.17) is 5.84 Å². The Labute approximate surface area is 121 Å². The fourth-order valence-corrected chi connectivity index (χ4v) is 2.86. The average molecular weight is 335 g/mol. The maximum absolute atomic E-state index is 13.7. The van der Waals surface area contributed by atoms with Gasteiger partial charge < -0.3 is 0 Å². The van der Waals surface area contributed by atoms with Crippen LogP contribution in [-0.4, -0.2) is 17.0 Å². The molecule has 1 aromatic carbocycles. The molecule has 2 unspecified atom stereocenters. The lowest BCUT2D eigenvalue weighted by atomic mass is 10.1. The summed E-state index contributed by atoms with van der Waals surface area (Å²) in [5, 5.41) is 0.607. The Morgan fingerprint density at radius 1 is 1.50 bits per heavy atom. The first-order valence-corrected chi connectivity index (χ1v) is 7.92. The maximum atomic E-state index is 13.7. The lowest BCUT2D eigenvalue weighted by Gasteiger charge is -2.18. The average Bonchev–Trinajstić information content (AvgIpc) is 2.36. The predicted molar refractivity (Wildman–Crippen MR) is 81.1 cm³/mol. The molecule has 2 nitrogen and oxygen atoms in total. The fourth-order valence-electron chi connectivity index (χ4n) is 1.52. The van der Waals surface area contributed by atoms with Crippen LogP contribution < -0.4 is 11.3 Å². The fraction of sp³-hybridized carbons (Fsp3) is 0.538. The highest BCUT2D eigenvalue weighted by Gasteiger charge is 2.12. The number of hydrazine groups is 1. The van der Waals surface area contributed by atoms with Crippen LogP contribution in [-0.2, 0) is 6.42 Å². The van der Waals surface area contributed by atoms with Gasteiger partial charge in [-0.2, -0.15) is 11.8 Å². The van der Waals surface area contributed by atoms with Crippen molar-refractivity contribution in [2.45, 2.75) is 38.0 Å². The first-order valence-electron chi connectivity index (χ1n) is 6.08. The van der Waals surface area contributed by atoms with Crippen molar-refractivity contribution in [1.82, 2.24) is 5.43 Å². The lowest BCUT2D eigenvalue weighted by Crippen LogP contribution is -2.39. The number of hydrogen-bond acceptors (Lipinski definition) is 3. The van der Waals surface area contributed by atoms with Gasteiger partial charge in [-0.1, -0.05) is 35.8 Å². The highest BCUT2D eigenvalue weighted by molar-refractivity contribution is 9.10. The number of benzene rings is 1. The van der Waals surface area contributed by atoms with Crippen LogP contribution in [0.15, 0.2) is 22.7 Å². The van der Waals surface area contributed by atoms with Crippen LogP contribution in [0, 0.1) is 5.82 Å². The van der Waals surface area contributed by atoms with Gasteiger partial charge in [-0.15, -0.1) is 0 Å². The van der Waals surface area contributed by atoms with Gasteiger partial charge in [0.05, 0.1) is 0 Å². The molecule has 102 valence electrons. The van der Waals surface area contributed by atoms with E-state index in [0.717, 1.165) is 16.6 Å². The van der Waals surface area contributed by atoms with E-state index in [-0.39, 0.29) is 11.9 Å². The van der Waals surface area contributed by atoms with E-state index in [9.17, 15) is 4.39 Å². The Bertz CT molecular complexity index is 376. The summed E-state index contributed by atoms with van der Waals surface area (Å²) in [5.74, 6) is 6.24. The van der Waals surface area contributed by atoms with Crippen molar-refractivity contribution < 1.29 is 4.39 Å². The van der Waals surface area contributed by atoms with Gasteiger partial charge >= 0.3 is 0 Å². The molecule has 5 heteroatoms. The molecule has 0 saturated carbocycles. The molecule has 0 aliphatic rings. The minimum absolute atomic E-state index is 0.0969. The molecule has 3 N–H and O–H groups in total. The summed E-state index contributed by atoms with van der Waals surface area (Å²) in [4.78, 5) is 0. The Morgan fingerprint density at radius 2 is 2.22 bits per heavy atom. The van der Waals surface area contributed by atoms with Crippen molar-refractivity contribution in [3.8, 4) is 0 Å². The standard InChI is InChI=1S/C13H20BrFN2S/c1-3-9(2)18-8-12(17-16)6-10-4-5-11(14)7-13(10)15/h4-5,7,9,12,17H,3,6,8,16H2,1-2H3. The third-order valence-corrected chi connectivity index (χ3v) is 4.86. The zero-order valence-electron chi connectivity index (χ0n) is 10.7. The number of rotatable bonds is 7. The summed E-state index contributed by atoms with van der Waals surface area (Å²) in [6, 6.07) is 5.25. The summed E-state index contributed by atoms with van der Waals surface area (Å²) in [6.07, 6.45) is 1.74. The number of nitrogens with one attached hydrogen (secondary N) is 1. The van der Waals surface area contributed by atoms with E-state index >= 15 is 0 Å². The quantitative estimate of drug-likeness (QED) is 0.592. The van der Waals surface area contributed by atoms with Crippen molar-refractivity contribution in [2.24, 2.45) is 5.84 Å². The molecule has 0 amide bonds. The van der Waals surface area contributed by atoms with E-state index < -0.39 is 0 Å². The molecule has 0 bridgehead atoms. The van der Waals surface area contributed by atoms with Gasteiger partial charge in [-0.3, -0.25) is 11.3 Å². The van der Waals surface area contributed by atoms with E-state index in [0.29, 0.717) is 17.2 Å². The number of nitrogens with two attached hydrogens (primary N) is 1. The Morgan fingerprint density at radius 3 is 2.78 bits per heavy atom. The smallest absolute Gasteiger partial charge is 0.127 e. The molecular formula is C13H20BrFN2S. The van der Waals surface area contributed by atoms with Gasteiger partial charge in [-0.25, -0.2) is 4.39 Å². The zero-order valence-corrected chi connectivity index (χ0v) is 13.2. The predicted octanol–water partition coefficient (Wildman–Crippen LogP) is 3.49. The molecule has 0 aliphatic carbocycles. The second-order valence-corrected chi connectivity index (χ2v) is 6.74. The molecule has 0 radical (unpaired) electrons. The lowest BCUT2D eigenvalue weighted by molar-refractivity contribution is 0.546. The number of halogens is 2. The van der Waals surface area contributed by atoms with E-state index in [1.165, 1.54) is 6.07 Å². The highest BCUT2D eigenvalue weighted by atomic mass is 79.9. The molecule has 1 aromatic rings. The highest BCUT2D eigenvalue weighted by Crippen LogP contribution is 2.19. The summed E-state index contributed by atoms with van der Waals surface area (Å²) in [5.41, 5.74) is 3.47. The first kappa shape index (κ1) is 16.0. The minimum atomic E-state index is -0.182. The molecular weight excluding hydrogens is 315 g/mol.